The predicted octanol–water partition coefficient (Wildman–Crippen LogP) is 1.29. The van der Waals surface area contributed by atoms with Gasteiger partial charge in [-0.3, -0.25) is 0 Å². The van der Waals surface area contributed by atoms with Crippen molar-refractivity contribution in [1.29, 1.82) is 0 Å². The third-order valence-corrected chi connectivity index (χ3v) is 2.77. The second kappa shape index (κ2) is 9.37. The van der Waals surface area contributed by atoms with Gasteiger partial charge in [-0.2, -0.15) is 0 Å². The van der Waals surface area contributed by atoms with Gasteiger partial charge in [0, 0.05) is 18.2 Å². The molecule has 0 aliphatic heterocycles. The van der Waals surface area contributed by atoms with Crippen LogP contribution in [0.2, 0.25) is 0 Å². The highest BCUT2D eigenvalue weighted by atomic mass is 16.6. The second-order valence-corrected chi connectivity index (χ2v) is 4.50. The summed E-state index contributed by atoms with van der Waals surface area (Å²) in [6.07, 6.45) is 2.14. The summed E-state index contributed by atoms with van der Waals surface area (Å²) < 4.78 is 13.2. The van der Waals surface area contributed by atoms with E-state index in [1.807, 2.05) is 0 Å². The minimum absolute atomic E-state index is 0.324. The average molecular weight is 372 g/mol. The predicted molar refractivity (Wildman–Crippen MR) is 88.3 cm³/mol. The maximum atomic E-state index is 12.1. The minimum atomic E-state index is -1.33. The Kier molecular flexibility index (Phi) is 7.26. The summed E-state index contributed by atoms with van der Waals surface area (Å²) >= 11 is 0. The summed E-state index contributed by atoms with van der Waals surface area (Å²) in [6.45, 7) is 9.34. The Labute approximate surface area is 152 Å². The van der Waals surface area contributed by atoms with Gasteiger partial charge in [0.2, 0.25) is 0 Å². The number of rotatable bonds is 6. The molecule has 1 aromatic rings. The lowest BCUT2D eigenvalue weighted by atomic mass is 10.0. The first-order valence-corrected chi connectivity index (χ1v) is 7.03. The van der Waals surface area contributed by atoms with E-state index >= 15 is 0 Å². The number of carbonyl (C=O) groups excluding carboxylic acids is 6. The molecule has 9 nitrogen and oxygen atoms in total. The van der Waals surface area contributed by atoms with E-state index in [9.17, 15) is 28.8 Å². The molecule has 0 aliphatic carbocycles. The van der Waals surface area contributed by atoms with Crippen molar-refractivity contribution in [3.63, 3.8) is 0 Å². The lowest BCUT2D eigenvalue weighted by Crippen LogP contribution is -2.19. The largest absolute Gasteiger partial charge is 0.386 e. The molecule has 0 fully saturated rings. The van der Waals surface area contributed by atoms with Crippen LogP contribution < -0.4 is 0 Å². The van der Waals surface area contributed by atoms with Crippen molar-refractivity contribution in [3.05, 3.63) is 72.9 Å². The van der Waals surface area contributed by atoms with Crippen molar-refractivity contribution >= 4 is 35.8 Å². The van der Waals surface area contributed by atoms with Gasteiger partial charge in [-0.05, 0) is 18.2 Å². The van der Waals surface area contributed by atoms with Crippen LogP contribution in [0.3, 0.4) is 0 Å². The van der Waals surface area contributed by atoms with Gasteiger partial charge in [-0.25, -0.2) is 28.8 Å². The zero-order valence-corrected chi connectivity index (χ0v) is 13.8. The highest BCUT2D eigenvalue weighted by Gasteiger charge is 2.25. The molecule has 0 saturated heterocycles. The third kappa shape index (κ3) is 5.71. The molecule has 1 rings (SSSR count). The smallest absolute Gasteiger partial charge is 0.346 e. The highest BCUT2D eigenvalue weighted by Crippen LogP contribution is 2.17. The molecular formula is C18H12O9. The van der Waals surface area contributed by atoms with Gasteiger partial charge in [0.25, 0.3) is 0 Å². The average Bonchev–Trinajstić information content (AvgIpc) is 2.66. The summed E-state index contributed by atoms with van der Waals surface area (Å²) in [5.41, 5.74) is -1.40. The molecule has 0 atom stereocenters. The normalized spacial score (nSPS) is 9.33. The Bertz CT molecular complexity index is 877. The zero-order valence-electron chi connectivity index (χ0n) is 13.8. The topological polar surface area (TPSA) is 130 Å². The first kappa shape index (κ1) is 20.9. The molecular weight excluding hydrogens is 360 g/mol. The minimum Gasteiger partial charge on any atom is -0.386 e. The summed E-state index contributed by atoms with van der Waals surface area (Å²) in [5.74, 6) is -7.03. The Morgan fingerprint density at radius 3 is 1.48 bits per heavy atom. The molecule has 0 saturated carbocycles. The van der Waals surface area contributed by atoms with E-state index in [-0.39, 0.29) is 5.56 Å². The Balaban J connectivity index is 3.35. The molecule has 0 spiro atoms. The van der Waals surface area contributed by atoms with E-state index in [1.165, 1.54) is 0 Å². The summed E-state index contributed by atoms with van der Waals surface area (Å²) in [7, 11) is 0. The number of carbonyl (C=O) groups is 6. The van der Waals surface area contributed by atoms with Gasteiger partial charge in [-0.1, -0.05) is 19.7 Å². The van der Waals surface area contributed by atoms with Crippen LogP contribution in [-0.2, 0) is 28.6 Å². The first-order chi connectivity index (χ1) is 12.7. The molecule has 27 heavy (non-hydrogen) atoms. The molecule has 0 aliphatic rings. The second-order valence-electron chi connectivity index (χ2n) is 4.50. The quantitative estimate of drug-likeness (QED) is 0.314. The SMILES string of the molecule is C=CC(=O)OC(=O)c1ccc(C(=O)OC(=O)C=C)c(C(=O)OC(=O)C=C)c1. The first-order valence-electron chi connectivity index (χ1n) is 7.03. The van der Waals surface area contributed by atoms with E-state index in [0.29, 0.717) is 12.2 Å². The van der Waals surface area contributed by atoms with Crippen LogP contribution in [-0.4, -0.2) is 35.8 Å². The van der Waals surface area contributed by atoms with Crippen molar-refractivity contribution in [1.82, 2.24) is 0 Å². The van der Waals surface area contributed by atoms with Crippen LogP contribution in [0, 0.1) is 0 Å². The molecule has 138 valence electrons. The number of hydrogen-bond donors (Lipinski definition) is 0. The molecule has 0 heterocycles. The van der Waals surface area contributed by atoms with Gasteiger partial charge in [0.1, 0.15) is 0 Å². The zero-order chi connectivity index (χ0) is 20.6. The fourth-order valence-electron chi connectivity index (χ4n) is 1.59. The van der Waals surface area contributed by atoms with E-state index < -0.39 is 46.9 Å². The molecule has 0 bridgehead atoms. The summed E-state index contributed by atoms with van der Waals surface area (Å²) in [5, 5.41) is 0. The number of hydrogen-bond acceptors (Lipinski definition) is 9. The van der Waals surface area contributed by atoms with Crippen LogP contribution in [0.1, 0.15) is 31.1 Å². The molecule has 0 radical (unpaired) electrons. The molecule has 0 amide bonds. The maximum Gasteiger partial charge on any atom is 0.346 e. The fourth-order valence-corrected chi connectivity index (χ4v) is 1.59. The van der Waals surface area contributed by atoms with Crippen molar-refractivity contribution < 1.29 is 43.0 Å². The van der Waals surface area contributed by atoms with Gasteiger partial charge in [-0.15, -0.1) is 0 Å². The summed E-state index contributed by atoms with van der Waals surface area (Å²) in [4.78, 5) is 69.5. The number of ether oxygens (including phenoxy) is 3. The van der Waals surface area contributed by atoms with Crippen LogP contribution in [0.4, 0.5) is 0 Å². The van der Waals surface area contributed by atoms with Crippen LogP contribution in [0.25, 0.3) is 0 Å². The van der Waals surface area contributed by atoms with Crippen LogP contribution in [0.15, 0.2) is 56.2 Å². The van der Waals surface area contributed by atoms with Crippen LogP contribution in [0.5, 0.6) is 0 Å². The number of benzene rings is 1. The lowest BCUT2D eigenvalue weighted by Gasteiger charge is -2.09. The van der Waals surface area contributed by atoms with Gasteiger partial charge in [0.05, 0.1) is 16.7 Å². The molecule has 0 N–H and O–H groups in total. The molecule has 0 unspecified atom stereocenters. The maximum absolute atomic E-state index is 12.1. The van der Waals surface area contributed by atoms with E-state index in [2.05, 4.69) is 33.9 Å². The van der Waals surface area contributed by atoms with Gasteiger partial charge < -0.3 is 14.2 Å². The van der Waals surface area contributed by atoms with Crippen LogP contribution >= 0.6 is 0 Å². The highest BCUT2D eigenvalue weighted by molar-refractivity contribution is 6.11. The Morgan fingerprint density at radius 2 is 1.04 bits per heavy atom. The van der Waals surface area contributed by atoms with E-state index in [0.717, 1.165) is 24.3 Å². The molecule has 9 heteroatoms. The van der Waals surface area contributed by atoms with E-state index in [4.69, 9.17) is 0 Å². The van der Waals surface area contributed by atoms with Crippen molar-refractivity contribution in [3.8, 4) is 0 Å². The van der Waals surface area contributed by atoms with Gasteiger partial charge >= 0.3 is 35.8 Å². The molecule has 0 aromatic heterocycles. The standard InChI is InChI=1S/C18H12O9/c1-4-13(19)25-16(22)10-7-8-11(17(23)26-14(20)5-2)12(9-10)18(24)27-15(21)6-3/h4-9H,1-3H2. The lowest BCUT2D eigenvalue weighted by molar-refractivity contribution is -0.133. The molecule has 1 aromatic carbocycles. The van der Waals surface area contributed by atoms with Crippen molar-refractivity contribution in [2.24, 2.45) is 0 Å². The Morgan fingerprint density at radius 1 is 0.630 bits per heavy atom. The van der Waals surface area contributed by atoms with Crippen molar-refractivity contribution in [2.75, 3.05) is 0 Å². The third-order valence-electron chi connectivity index (χ3n) is 2.77. The number of esters is 6. The van der Waals surface area contributed by atoms with E-state index in [1.54, 1.807) is 0 Å². The fraction of sp³-hybridized carbons (Fsp3) is 0. The van der Waals surface area contributed by atoms with Crippen molar-refractivity contribution in [2.45, 2.75) is 0 Å². The van der Waals surface area contributed by atoms with Gasteiger partial charge in [0.15, 0.2) is 0 Å². The summed E-state index contributed by atoms with van der Waals surface area (Å²) in [6, 6.07) is 2.80. The monoisotopic (exact) mass is 372 g/mol. The Hall–Kier alpha value is -4.14.